The van der Waals surface area contributed by atoms with Crippen molar-refractivity contribution in [3.8, 4) is 0 Å². The number of rotatable bonds is 5. The first kappa shape index (κ1) is 13.6. The fraction of sp³-hybridized carbons (Fsp3) is 0.667. The van der Waals surface area contributed by atoms with Gasteiger partial charge in [0.1, 0.15) is 0 Å². The van der Waals surface area contributed by atoms with Gasteiger partial charge < -0.3 is 18.6 Å². The summed E-state index contributed by atoms with van der Waals surface area (Å²) in [7, 11) is 0. The van der Waals surface area contributed by atoms with Gasteiger partial charge in [-0.3, -0.25) is 0 Å². The molecular formula is C6H10O6S2. The van der Waals surface area contributed by atoms with Crippen molar-refractivity contribution >= 4 is 36.0 Å². The van der Waals surface area contributed by atoms with E-state index in [-0.39, 0.29) is 0 Å². The van der Waals surface area contributed by atoms with Crippen LogP contribution in [0.3, 0.4) is 0 Å². The molecule has 0 saturated carbocycles. The highest BCUT2D eigenvalue weighted by Gasteiger charge is 2.33. The molecule has 2 atom stereocenters. The van der Waals surface area contributed by atoms with E-state index >= 15 is 0 Å². The Balaban J connectivity index is 4.16. The number of hydrogen-bond donors (Lipinski definition) is 2. The van der Waals surface area contributed by atoms with Gasteiger partial charge in [-0.1, -0.05) is 0 Å². The van der Waals surface area contributed by atoms with Gasteiger partial charge in [0.2, 0.25) is 0 Å². The van der Waals surface area contributed by atoms with Crippen molar-refractivity contribution in [1.29, 1.82) is 0 Å². The highest BCUT2D eigenvalue weighted by atomic mass is 32.2. The number of aliphatic hydroxyl groups is 2. The molecule has 0 spiro atoms. The third-order valence-corrected chi connectivity index (χ3v) is 1.77. The summed E-state index contributed by atoms with van der Waals surface area (Å²) in [4.78, 5) is 21.7. The average molecular weight is 242 g/mol. The standard InChI is InChI=1S/C6H10O6S2/c1-13-11-5(9)3(7)4(8)6(10)12-14-2/h3-4,7-8H,1-2H3. The van der Waals surface area contributed by atoms with Gasteiger partial charge in [0, 0.05) is 12.5 Å². The summed E-state index contributed by atoms with van der Waals surface area (Å²) in [5, 5.41) is 18.1. The Morgan fingerprint density at radius 3 is 1.50 bits per heavy atom. The predicted molar refractivity (Wildman–Crippen MR) is 51.2 cm³/mol. The summed E-state index contributed by atoms with van der Waals surface area (Å²) in [6.07, 6.45) is -0.946. The van der Waals surface area contributed by atoms with Crippen molar-refractivity contribution in [3.63, 3.8) is 0 Å². The molecule has 0 saturated heterocycles. The van der Waals surface area contributed by atoms with Crippen LogP contribution in [0, 0.1) is 0 Å². The maximum atomic E-state index is 10.8. The van der Waals surface area contributed by atoms with Crippen LogP contribution in [0.5, 0.6) is 0 Å². The van der Waals surface area contributed by atoms with E-state index in [1.807, 2.05) is 0 Å². The molecule has 0 bridgehead atoms. The van der Waals surface area contributed by atoms with Crippen molar-refractivity contribution < 1.29 is 28.2 Å². The molecule has 0 amide bonds. The molecule has 0 radical (unpaired) electrons. The van der Waals surface area contributed by atoms with Gasteiger partial charge in [-0.05, 0) is 0 Å². The fourth-order valence-electron chi connectivity index (χ4n) is 0.521. The molecule has 82 valence electrons. The molecule has 2 unspecified atom stereocenters. The van der Waals surface area contributed by atoms with Gasteiger partial charge in [-0.15, -0.1) is 0 Å². The molecule has 14 heavy (non-hydrogen) atoms. The first-order chi connectivity index (χ1) is 6.54. The summed E-state index contributed by atoms with van der Waals surface area (Å²) >= 11 is 1.41. The minimum atomic E-state index is -1.93. The lowest BCUT2D eigenvalue weighted by molar-refractivity contribution is -0.160. The molecule has 0 rings (SSSR count). The molecule has 0 heterocycles. The van der Waals surface area contributed by atoms with Gasteiger partial charge in [-0.25, -0.2) is 9.59 Å². The smallest absolute Gasteiger partial charge is 0.350 e. The molecular weight excluding hydrogens is 232 g/mol. The lowest BCUT2D eigenvalue weighted by atomic mass is 10.2. The van der Waals surface area contributed by atoms with Crippen LogP contribution in [-0.4, -0.2) is 46.9 Å². The largest absolute Gasteiger partial charge is 0.390 e. The van der Waals surface area contributed by atoms with Crippen LogP contribution in [0.15, 0.2) is 0 Å². The van der Waals surface area contributed by atoms with E-state index in [0.717, 1.165) is 0 Å². The molecule has 6 nitrogen and oxygen atoms in total. The maximum Gasteiger partial charge on any atom is 0.350 e. The third-order valence-electron chi connectivity index (χ3n) is 1.11. The summed E-state index contributed by atoms with van der Waals surface area (Å²) in [6, 6.07) is 0. The van der Waals surface area contributed by atoms with Crippen LogP contribution in [0.1, 0.15) is 0 Å². The van der Waals surface area contributed by atoms with Crippen LogP contribution in [-0.2, 0) is 18.0 Å². The van der Waals surface area contributed by atoms with Crippen molar-refractivity contribution in [1.82, 2.24) is 0 Å². The zero-order valence-corrected chi connectivity index (χ0v) is 9.13. The van der Waals surface area contributed by atoms with E-state index in [1.54, 1.807) is 0 Å². The quantitative estimate of drug-likeness (QED) is 0.614. The average Bonchev–Trinajstić information content (AvgIpc) is 2.16. The molecule has 0 aliphatic heterocycles. The van der Waals surface area contributed by atoms with E-state index in [9.17, 15) is 9.59 Å². The topological polar surface area (TPSA) is 93.1 Å². The molecule has 2 N–H and O–H groups in total. The Kier molecular flexibility index (Phi) is 6.71. The Labute approximate surface area is 89.4 Å². The van der Waals surface area contributed by atoms with Crippen LogP contribution < -0.4 is 0 Å². The number of carbonyl (C=O) groups is 2. The minimum absolute atomic E-state index is 0.703. The second-order valence-corrected chi connectivity index (χ2v) is 3.03. The summed E-state index contributed by atoms with van der Waals surface area (Å²) in [5.41, 5.74) is 0. The molecule has 0 aromatic carbocycles. The monoisotopic (exact) mass is 242 g/mol. The van der Waals surface area contributed by atoms with Crippen LogP contribution in [0.25, 0.3) is 0 Å². The molecule has 0 aromatic heterocycles. The Hall–Kier alpha value is -0.440. The van der Waals surface area contributed by atoms with E-state index in [0.29, 0.717) is 24.1 Å². The number of hydrogen-bond acceptors (Lipinski definition) is 8. The van der Waals surface area contributed by atoms with E-state index in [1.165, 1.54) is 12.5 Å². The fourth-order valence-corrected chi connectivity index (χ4v) is 1.05. The van der Waals surface area contributed by atoms with Gasteiger partial charge >= 0.3 is 11.9 Å². The third kappa shape index (κ3) is 4.18. The lowest BCUT2D eigenvalue weighted by Gasteiger charge is -2.13. The number of carbonyl (C=O) groups excluding carboxylic acids is 2. The minimum Gasteiger partial charge on any atom is -0.390 e. The van der Waals surface area contributed by atoms with Crippen molar-refractivity contribution in [2.75, 3.05) is 12.5 Å². The molecule has 0 aromatic rings. The van der Waals surface area contributed by atoms with Crippen LogP contribution in [0.2, 0.25) is 0 Å². The highest BCUT2D eigenvalue weighted by molar-refractivity contribution is 7.94. The van der Waals surface area contributed by atoms with E-state index in [4.69, 9.17) is 10.2 Å². The second kappa shape index (κ2) is 6.93. The lowest BCUT2D eigenvalue weighted by Crippen LogP contribution is -2.40. The normalized spacial score (nSPS) is 14.3. The zero-order valence-electron chi connectivity index (χ0n) is 7.50. The van der Waals surface area contributed by atoms with Crippen molar-refractivity contribution in [2.24, 2.45) is 0 Å². The zero-order chi connectivity index (χ0) is 11.1. The SMILES string of the molecule is CSOC(=O)C(O)C(O)C(=O)OSC. The summed E-state index contributed by atoms with van der Waals surface area (Å²) in [5.74, 6) is -2.19. The van der Waals surface area contributed by atoms with Gasteiger partial charge in [0.15, 0.2) is 12.2 Å². The Morgan fingerprint density at radius 1 is 1.00 bits per heavy atom. The predicted octanol–water partition coefficient (Wildman–Crippen LogP) is -0.649. The van der Waals surface area contributed by atoms with Crippen molar-refractivity contribution in [3.05, 3.63) is 0 Å². The maximum absolute atomic E-state index is 10.8. The summed E-state index contributed by atoms with van der Waals surface area (Å²) in [6.45, 7) is 0. The molecule has 0 aliphatic rings. The Morgan fingerprint density at radius 2 is 1.29 bits per heavy atom. The van der Waals surface area contributed by atoms with Crippen LogP contribution in [0.4, 0.5) is 0 Å². The first-order valence-corrected chi connectivity index (χ1v) is 5.69. The second-order valence-electron chi connectivity index (χ2n) is 2.03. The van der Waals surface area contributed by atoms with Crippen LogP contribution >= 0.6 is 24.1 Å². The van der Waals surface area contributed by atoms with E-state index < -0.39 is 24.1 Å². The summed E-state index contributed by atoms with van der Waals surface area (Å²) < 4.78 is 8.61. The Bertz CT molecular complexity index is 186. The van der Waals surface area contributed by atoms with Gasteiger partial charge in [-0.2, -0.15) is 0 Å². The van der Waals surface area contributed by atoms with Gasteiger partial charge in [0.05, 0.1) is 24.1 Å². The molecule has 0 aliphatic carbocycles. The molecule has 0 fully saturated rings. The molecule has 8 heteroatoms. The van der Waals surface area contributed by atoms with Crippen molar-refractivity contribution in [2.45, 2.75) is 12.2 Å². The first-order valence-electron chi connectivity index (χ1n) is 3.39. The number of aliphatic hydroxyl groups excluding tert-OH is 2. The highest BCUT2D eigenvalue weighted by Crippen LogP contribution is 2.07. The van der Waals surface area contributed by atoms with Gasteiger partial charge in [0.25, 0.3) is 0 Å². The van der Waals surface area contributed by atoms with E-state index in [2.05, 4.69) is 8.37 Å².